The van der Waals surface area contributed by atoms with E-state index >= 15 is 0 Å². The standard InChI is InChI=1S/C16H23N3O2/c20-16(6-5-13-3-1-2-4-13)19-10-8-14(11-19)21-15-7-9-17-12-18-15/h7,9,12-14H,1-6,8,10-11H2/t14-/m1/s1. The van der Waals surface area contributed by atoms with E-state index in [1.165, 1.54) is 32.0 Å². The lowest BCUT2D eigenvalue weighted by Crippen LogP contribution is -2.31. The molecule has 3 rings (SSSR count). The molecule has 1 aromatic heterocycles. The molecule has 0 spiro atoms. The number of nitrogens with zero attached hydrogens (tertiary/aromatic N) is 3. The number of carbonyl (C=O) groups excluding carboxylic acids is 1. The van der Waals surface area contributed by atoms with Crippen LogP contribution in [0.1, 0.15) is 44.9 Å². The Morgan fingerprint density at radius 1 is 1.33 bits per heavy atom. The summed E-state index contributed by atoms with van der Waals surface area (Å²) in [4.78, 5) is 22.1. The molecule has 1 atom stereocenters. The van der Waals surface area contributed by atoms with Gasteiger partial charge in [-0.3, -0.25) is 4.79 Å². The summed E-state index contributed by atoms with van der Waals surface area (Å²) in [5, 5.41) is 0. The third-order valence-electron chi connectivity index (χ3n) is 4.58. The van der Waals surface area contributed by atoms with Crippen LogP contribution in [0.5, 0.6) is 5.88 Å². The first kappa shape index (κ1) is 14.3. The van der Waals surface area contributed by atoms with Gasteiger partial charge in [0, 0.05) is 31.6 Å². The Balaban J connectivity index is 1.42. The minimum Gasteiger partial charge on any atom is -0.472 e. The van der Waals surface area contributed by atoms with E-state index in [1.807, 2.05) is 4.90 Å². The molecule has 1 aliphatic carbocycles. The van der Waals surface area contributed by atoms with Crippen molar-refractivity contribution in [1.82, 2.24) is 14.9 Å². The summed E-state index contributed by atoms with van der Waals surface area (Å²) in [5.74, 6) is 1.66. The molecule has 0 radical (unpaired) electrons. The second-order valence-corrected chi connectivity index (χ2v) is 6.11. The van der Waals surface area contributed by atoms with Crippen LogP contribution in [0.25, 0.3) is 0 Å². The first-order valence-corrected chi connectivity index (χ1v) is 8.02. The predicted octanol–water partition coefficient (Wildman–Crippen LogP) is 2.43. The summed E-state index contributed by atoms with van der Waals surface area (Å²) in [6.45, 7) is 1.49. The first-order valence-electron chi connectivity index (χ1n) is 8.02. The second-order valence-electron chi connectivity index (χ2n) is 6.11. The Hall–Kier alpha value is -1.65. The fourth-order valence-corrected chi connectivity index (χ4v) is 3.35. The summed E-state index contributed by atoms with van der Waals surface area (Å²) >= 11 is 0. The summed E-state index contributed by atoms with van der Waals surface area (Å²) in [5.41, 5.74) is 0. The van der Waals surface area contributed by atoms with Crippen LogP contribution in [-0.2, 0) is 4.79 Å². The first-order chi connectivity index (χ1) is 10.3. The van der Waals surface area contributed by atoms with Crippen LogP contribution >= 0.6 is 0 Å². The molecule has 5 nitrogen and oxygen atoms in total. The van der Waals surface area contributed by atoms with Crippen LogP contribution in [0.2, 0.25) is 0 Å². The van der Waals surface area contributed by atoms with E-state index in [-0.39, 0.29) is 12.0 Å². The van der Waals surface area contributed by atoms with E-state index in [1.54, 1.807) is 12.3 Å². The van der Waals surface area contributed by atoms with Gasteiger partial charge in [0.05, 0.1) is 6.54 Å². The van der Waals surface area contributed by atoms with E-state index in [0.717, 1.165) is 25.3 Å². The quantitative estimate of drug-likeness (QED) is 0.835. The maximum Gasteiger partial charge on any atom is 0.222 e. The highest BCUT2D eigenvalue weighted by Gasteiger charge is 2.28. The topological polar surface area (TPSA) is 55.3 Å². The van der Waals surface area contributed by atoms with Gasteiger partial charge in [-0.25, -0.2) is 9.97 Å². The molecular weight excluding hydrogens is 266 g/mol. The highest BCUT2D eigenvalue weighted by Crippen LogP contribution is 2.29. The van der Waals surface area contributed by atoms with Crippen molar-refractivity contribution in [3.63, 3.8) is 0 Å². The highest BCUT2D eigenvalue weighted by atomic mass is 16.5. The molecule has 0 N–H and O–H groups in total. The normalized spacial score (nSPS) is 22.7. The third kappa shape index (κ3) is 3.93. The van der Waals surface area contributed by atoms with Gasteiger partial charge < -0.3 is 9.64 Å². The monoisotopic (exact) mass is 289 g/mol. The lowest BCUT2D eigenvalue weighted by atomic mass is 10.0. The lowest BCUT2D eigenvalue weighted by molar-refractivity contribution is -0.130. The van der Waals surface area contributed by atoms with Gasteiger partial charge in [-0.05, 0) is 12.3 Å². The van der Waals surface area contributed by atoms with Crippen molar-refractivity contribution in [2.45, 2.75) is 51.0 Å². The average Bonchev–Trinajstić information content (AvgIpc) is 3.17. The molecule has 114 valence electrons. The number of carbonyl (C=O) groups is 1. The zero-order valence-electron chi connectivity index (χ0n) is 12.4. The maximum absolute atomic E-state index is 12.2. The number of amides is 1. The molecule has 1 saturated heterocycles. The van der Waals surface area contributed by atoms with E-state index in [4.69, 9.17) is 4.74 Å². The van der Waals surface area contributed by atoms with E-state index in [9.17, 15) is 4.79 Å². The molecule has 1 amide bonds. The molecular formula is C16H23N3O2. The molecule has 2 aliphatic rings. The van der Waals surface area contributed by atoms with Crippen molar-refractivity contribution < 1.29 is 9.53 Å². The maximum atomic E-state index is 12.2. The molecule has 1 aromatic rings. The molecule has 1 aliphatic heterocycles. The molecule has 5 heteroatoms. The van der Waals surface area contributed by atoms with E-state index in [0.29, 0.717) is 18.8 Å². The third-order valence-corrected chi connectivity index (χ3v) is 4.58. The van der Waals surface area contributed by atoms with Crippen molar-refractivity contribution in [2.75, 3.05) is 13.1 Å². The van der Waals surface area contributed by atoms with Gasteiger partial charge in [-0.1, -0.05) is 25.7 Å². The van der Waals surface area contributed by atoms with Gasteiger partial charge in [0.25, 0.3) is 0 Å². The summed E-state index contributed by atoms with van der Waals surface area (Å²) < 4.78 is 5.79. The molecule has 1 saturated carbocycles. The lowest BCUT2D eigenvalue weighted by Gasteiger charge is -2.18. The van der Waals surface area contributed by atoms with E-state index < -0.39 is 0 Å². The van der Waals surface area contributed by atoms with Gasteiger partial charge in [0.15, 0.2) is 0 Å². The van der Waals surface area contributed by atoms with Crippen molar-refractivity contribution in [3.05, 3.63) is 18.6 Å². The van der Waals surface area contributed by atoms with Gasteiger partial charge in [-0.2, -0.15) is 0 Å². The Morgan fingerprint density at radius 3 is 2.95 bits per heavy atom. The fourth-order valence-electron chi connectivity index (χ4n) is 3.35. The molecule has 2 fully saturated rings. The zero-order valence-corrected chi connectivity index (χ0v) is 12.4. The minimum atomic E-state index is 0.0651. The van der Waals surface area contributed by atoms with Crippen molar-refractivity contribution >= 4 is 5.91 Å². The predicted molar refractivity (Wildman–Crippen MR) is 78.8 cm³/mol. The summed E-state index contributed by atoms with van der Waals surface area (Å²) in [6.07, 6.45) is 11.2. The zero-order chi connectivity index (χ0) is 14.5. The van der Waals surface area contributed by atoms with Crippen LogP contribution in [-0.4, -0.2) is 40.0 Å². The number of hydrogen-bond acceptors (Lipinski definition) is 4. The van der Waals surface area contributed by atoms with Gasteiger partial charge in [0.2, 0.25) is 11.8 Å². The molecule has 0 aromatic carbocycles. The van der Waals surface area contributed by atoms with Gasteiger partial charge in [-0.15, -0.1) is 0 Å². The molecule has 21 heavy (non-hydrogen) atoms. The van der Waals surface area contributed by atoms with Gasteiger partial charge in [0.1, 0.15) is 12.4 Å². The number of rotatable bonds is 5. The van der Waals surface area contributed by atoms with Crippen molar-refractivity contribution in [1.29, 1.82) is 0 Å². The summed E-state index contributed by atoms with van der Waals surface area (Å²) in [6, 6.07) is 1.75. The molecule has 0 unspecified atom stereocenters. The smallest absolute Gasteiger partial charge is 0.222 e. The fraction of sp³-hybridized carbons (Fsp3) is 0.688. The number of likely N-dealkylation sites (tertiary alicyclic amines) is 1. The van der Waals surface area contributed by atoms with Crippen LogP contribution in [0.3, 0.4) is 0 Å². The Morgan fingerprint density at radius 2 is 2.19 bits per heavy atom. The van der Waals surface area contributed by atoms with Crippen molar-refractivity contribution in [2.24, 2.45) is 5.92 Å². The number of hydrogen-bond donors (Lipinski definition) is 0. The van der Waals surface area contributed by atoms with E-state index in [2.05, 4.69) is 9.97 Å². The van der Waals surface area contributed by atoms with Crippen LogP contribution in [0.4, 0.5) is 0 Å². The minimum absolute atomic E-state index is 0.0651. The largest absolute Gasteiger partial charge is 0.472 e. The highest BCUT2D eigenvalue weighted by molar-refractivity contribution is 5.76. The van der Waals surface area contributed by atoms with Crippen LogP contribution in [0, 0.1) is 5.92 Å². The Labute approximate surface area is 125 Å². The number of ether oxygens (including phenoxy) is 1. The second kappa shape index (κ2) is 6.87. The Bertz CT molecular complexity index is 460. The van der Waals surface area contributed by atoms with Crippen LogP contribution < -0.4 is 4.74 Å². The van der Waals surface area contributed by atoms with Crippen LogP contribution in [0.15, 0.2) is 18.6 Å². The van der Waals surface area contributed by atoms with Gasteiger partial charge >= 0.3 is 0 Å². The Kier molecular flexibility index (Phi) is 4.68. The average molecular weight is 289 g/mol. The molecule has 2 heterocycles. The van der Waals surface area contributed by atoms with Crippen molar-refractivity contribution in [3.8, 4) is 5.88 Å². The summed E-state index contributed by atoms with van der Waals surface area (Å²) in [7, 11) is 0. The SMILES string of the molecule is O=C(CCC1CCCC1)N1CC[C@@H](Oc2ccncn2)C1. The number of aromatic nitrogens is 2. The molecule has 0 bridgehead atoms.